The summed E-state index contributed by atoms with van der Waals surface area (Å²) in [6.07, 6.45) is 4.48. The highest BCUT2D eigenvalue weighted by Gasteiger charge is 2.16. The third-order valence-electron chi connectivity index (χ3n) is 4.01. The Morgan fingerprint density at radius 2 is 1.95 bits per heavy atom. The number of aliphatic imine (C=N–C) groups is 1. The second-order valence-corrected chi connectivity index (χ2v) is 6.05. The molecule has 2 aliphatic heterocycles. The van der Waals surface area contributed by atoms with Gasteiger partial charge in [0.1, 0.15) is 13.2 Å². The van der Waals surface area contributed by atoms with E-state index in [1.165, 1.54) is 19.3 Å². The molecule has 0 bridgehead atoms. The van der Waals surface area contributed by atoms with E-state index < -0.39 is 0 Å². The maximum Gasteiger partial charge on any atom is 0.191 e. The van der Waals surface area contributed by atoms with Crippen molar-refractivity contribution in [1.82, 2.24) is 4.90 Å². The lowest BCUT2D eigenvalue weighted by molar-refractivity contribution is 0.171. The Morgan fingerprint density at radius 3 is 2.77 bits per heavy atom. The maximum absolute atomic E-state index is 6.24. The van der Waals surface area contributed by atoms with E-state index in [2.05, 4.69) is 9.89 Å². The molecule has 0 amide bonds. The number of piperidine rings is 1. The molecular formula is C16H22ClN3O2. The standard InChI is InChI=1S/C16H22ClN3O2/c17-13-10-12(11-14-15(13)22-9-8-21-14)4-5-19-16(18)20-6-2-1-3-7-20/h10-11H,1-9H2,(H2,18,19). The summed E-state index contributed by atoms with van der Waals surface area (Å²) in [7, 11) is 0. The van der Waals surface area contributed by atoms with E-state index in [1.807, 2.05) is 12.1 Å². The Hall–Kier alpha value is -1.62. The normalized spacial score (nSPS) is 18.4. The summed E-state index contributed by atoms with van der Waals surface area (Å²) in [5, 5.41) is 0.597. The summed E-state index contributed by atoms with van der Waals surface area (Å²) in [5.74, 6) is 2.03. The van der Waals surface area contributed by atoms with Crippen LogP contribution < -0.4 is 15.2 Å². The zero-order valence-corrected chi connectivity index (χ0v) is 13.4. The van der Waals surface area contributed by atoms with Crippen molar-refractivity contribution in [2.75, 3.05) is 32.8 Å². The summed E-state index contributed by atoms with van der Waals surface area (Å²) in [4.78, 5) is 6.66. The van der Waals surface area contributed by atoms with E-state index >= 15 is 0 Å². The summed E-state index contributed by atoms with van der Waals surface area (Å²) in [5.41, 5.74) is 7.15. The van der Waals surface area contributed by atoms with Gasteiger partial charge in [0.05, 0.1) is 5.02 Å². The Labute approximate surface area is 136 Å². The van der Waals surface area contributed by atoms with Crippen molar-refractivity contribution in [2.24, 2.45) is 10.7 Å². The molecule has 0 unspecified atom stereocenters. The van der Waals surface area contributed by atoms with Gasteiger partial charge in [0, 0.05) is 19.6 Å². The first-order valence-electron chi connectivity index (χ1n) is 7.87. The van der Waals surface area contributed by atoms with Crippen LogP contribution in [-0.4, -0.2) is 43.7 Å². The third-order valence-corrected chi connectivity index (χ3v) is 4.29. The molecule has 1 saturated heterocycles. The highest BCUT2D eigenvalue weighted by molar-refractivity contribution is 6.32. The number of halogens is 1. The van der Waals surface area contributed by atoms with Crippen molar-refractivity contribution in [3.05, 3.63) is 22.7 Å². The van der Waals surface area contributed by atoms with Crippen LogP contribution >= 0.6 is 11.6 Å². The van der Waals surface area contributed by atoms with Crippen molar-refractivity contribution in [2.45, 2.75) is 25.7 Å². The molecule has 1 fully saturated rings. The molecule has 0 aliphatic carbocycles. The van der Waals surface area contributed by atoms with Crippen LogP contribution in [0.25, 0.3) is 0 Å². The van der Waals surface area contributed by atoms with E-state index in [1.54, 1.807) is 0 Å². The number of ether oxygens (including phenoxy) is 2. The highest BCUT2D eigenvalue weighted by atomic mass is 35.5. The zero-order chi connectivity index (χ0) is 15.4. The first-order valence-corrected chi connectivity index (χ1v) is 8.25. The monoisotopic (exact) mass is 323 g/mol. The molecule has 2 aliphatic rings. The lowest BCUT2D eigenvalue weighted by Crippen LogP contribution is -2.41. The van der Waals surface area contributed by atoms with E-state index in [0.29, 0.717) is 36.5 Å². The number of hydrogen-bond acceptors (Lipinski definition) is 3. The molecule has 2 N–H and O–H groups in total. The molecule has 2 heterocycles. The number of guanidine groups is 1. The molecule has 5 nitrogen and oxygen atoms in total. The average Bonchev–Trinajstić information content (AvgIpc) is 2.56. The number of fused-ring (bicyclic) bond motifs is 1. The number of rotatable bonds is 3. The predicted molar refractivity (Wildman–Crippen MR) is 88.1 cm³/mol. The molecule has 120 valence electrons. The van der Waals surface area contributed by atoms with Crippen molar-refractivity contribution in [3.63, 3.8) is 0 Å². The van der Waals surface area contributed by atoms with Gasteiger partial charge in [-0.25, -0.2) is 0 Å². The smallest absolute Gasteiger partial charge is 0.191 e. The van der Waals surface area contributed by atoms with Gasteiger partial charge < -0.3 is 20.1 Å². The van der Waals surface area contributed by atoms with Gasteiger partial charge >= 0.3 is 0 Å². The fourth-order valence-corrected chi connectivity index (χ4v) is 3.12. The minimum atomic E-state index is 0.544. The molecule has 0 spiro atoms. The number of benzene rings is 1. The molecule has 1 aromatic rings. The predicted octanol–water partition coefficient (Wildman–Crippen LogP) is 2.45. The number of nitrogens with zero attached hydrogens (tertiary/aromatic N) is 2. The molecule has 6 heteroatoms. The minimum absolute atomic E-state index is 0.544. The van der Waals surface area contributed by atoms with Crippen molar-refractivity contribution < 1.29 is 9.47 Å². The zero-order valence-electron chi connectivity index (χ0n) is 12.7. The van der Waals surface area contributed by atoms with E-state index in [0.717, 1.165) is 30.8 Å². The fourth-order valence-electron chi connectivity index (χ4n) is 2.83. The van der Waals surface area contributed by atoms with Crippen LogP contribution in [0.5, 0.6) is 11.5 Å². The Bertz CT molecular complexity index is 557. The van der Waals surface area contributed by atoms with Gasteiger partial charge in [-0.3, -0.25) is 4.99 Å². The molecule has 0 atom stereocenters. The number of likely N-dealkylation sites (tertiary alicyclic amines) is 1. The summed E-state index contributed by atoms with van der Waals surface area (Å²) < 4.78 is 11.1. The second-order valence-electron chi connectivity index (χ2n) is 5.64. The summed E-state index contributed by atoms with van der Waals surface area (Å²) >= 11 is 6.24. The van der Waals surface area contributed by atoms with Crippen LogP contribution in [0, 0.1) is 0 Å². The van der Waals surface area contributed by atoms with Crippen LogP contribution in [0.15, 0.2) is 17.1 Å². The lowest BCUT2D eigenvalue weighted by atomic mass is 10.1. The van der Waals surface area contributed by atoms with Gasteiger partial charge in [-0.15, -0.1) is 0 Å². The number of nitrogens with two attached hydrogens (primary N) is 1. The van der Waals surface area contributed by atoms with Crippen LogP contribution in [0.4, 0.5) is 0 Å². The SMILES string of the molecule is NC(=NCCc1cc(Cl)c2c(c1)OCCO2)N1CCCCC1. The molecule has 3 rings (SSSR count). The van der Waals surface area contributed by atoms with Crippen molar-refractivity contribution in [1.29, 1.82) is 0 Å². The van der Waals surface area contributed by atoms with Crippen LogP contribution in [0.2, 0.25) is 5.02 Å². The summed E-state index contributed by atoms with van der Waals surface area (Å²) in [6.45, 7) is 3.80. The van der Waals surface area contributed by atoms with Gasteiger partial charge in [0.15, 0.2) is 17.5 Å². The summed E-state index contributed by atoms with van der Waals surface area (Å²) in [6, 6.07) is 3.90. The first kappa shape index (κ1) is 15.3. The first-order chi connectivity index (χ1) is 10.7. The molecule has 22 heavy (non-hydrogen) atoms. The number of hydrogen-bond donors (Lipinski definition) is 1. The van der Waals surface area contributed by atoms with Gasteiger partial charge in [-0.2, -0.15) is 0 Å². The fraction of sp³-hybridized carbons (Fsp3) is 0.562. The molecule has 0 aromatic heterocycles. The quantitative estimate of drug-likeness (QED) is 0.685. The van der Waals surface area contributed by atoms with E-state index in [4.69, 9.17) is 26.8 Å². The van der Waals surface area contributed by atoms with Crippen molar-refractivity contribution >= 4 is 17.6 Å². The second kappa shape index (κ2) is 7.09. The van der Waals surface area contributed by atoms with Crippen LogP contribution in [0.1, 0.15) is 24.8 Å². The molecule has 0 radical (unpaired) electrons. The van der Waals surface area contributed by atoms with E-state index in [-0.39, 0.29) is 0 Å². The Balaban J connectivity index is 1.60. The third kappa shape index (κ3) is 3.58. The Kier molecular flexibility index (Phi) is 4.93. The molecule has 1 aromatic carbocycles. The molecule has 0 saturated carbocycles. The van der Waals surface area contributed by atoms with E-state index in [9.17, 15) is 0 Å². The largest absolute Gasteiger partial charge is 0.486 e. The lowest BCUT2D eigenvalue weighted by Gasteiger charge is -2.27. The van der Waals surface area contributed by atoms with Crippen molar-refractivity contribution in [3.8, 4) is 11.5 Å². The minimum Gasteiger partial charge on any atom is -0.486 e. The van der Waals surface area contributed by atoms with Crippen LogP contribution in [0.3, 0.4) is 0 Å². The highest BCUT2D eigenvalue weighted by Crippen LogP contribution is 2.38. The Morgan fingerprint density at radius 1 is 1.18 bits per heavy atom. The topological polar surface area (TPSA) is 60.1 Å². The van der Waals surface area contributed by atoms with Gasteiger partial charge in [0.25, 0.3) is 0 Å². The maximum atomic E-state index is 6.24. The van der Waals surface area contributed by atoms with Crippen LogP contribution in [-0.2, 0) is 6.42 Å². The van der Waals surface area contributed by atoms with Gasteiger partial charge in [-0.05, 0) is 43.4 Å². The van der Waals surface area contributed by atoms with Gasteiger partial charge in [-0.1, -0.05) is 11.6 Å². The van der Waals surface area contributed by atoms with Gasteiger partial charge in [0.2, 0.25) is 0 Å². The average molecular weight is 324 g/mol. The molecular weight excluding hydrogens is 302 g/mol.